The molecule has 1 aromatic rings. The van der Waals surface area contributed by atoms with E-state index in [0.717, 1.165) is 42.6 Å². The second kappa shape index (κ2) is 5.37. The minimum Gasteiger partial charge on any atom is -0.380 e. The van der Waals surface area contributed by atoms with Gasteiger partial charge in [-0.05, 0) is 39.0 Å². The standard InChI is InChI=1S/C14H22ClN3/c1-14(2,3)17-11-4-5-13(12(15)10-11)18-8-6-16-7-9-18/h4-5,10,16-17H,6-9H2,1-3H3. The Kier molecular flexibility index (Phi) is 4.03. The highest BCUT2D eigenvalue weighted by molar-refractivity contribution is 6.33. The highest BCUT2D eigenvalue weighted by Gasteiger charge is 2.15. The number of hydrogen-bond donors (Lipinski definition) is 2. The molecule has 0 amide bonds. The third kappa shape index (κ3) is 3.53. The summed E-state index contributed by atoms with van der Waals surface area (Å²) in [4.78, 5) is 2.33. The van der Waals surface area contributed by atoms with E-state index in [1.54, 1.807) is 0 Å². The second-order valence-corrected chi connectivity index (χ2v) is 6.19. The Bertz CT molecular complexity index is 406. The molecule has 1 aliphatic rings. The van der Waals surface area contributed by atoms with Crippen molar-refractivity contribution in [1.82, 2.24) is 5.32 Å². The van der Waals surface area contributed by atoms with E-state index in [1.807, 2.05) is 6.07 Å². The molecule has 1 aliphatic heterocycles. The molecule has 1 heterocycles. The Balaban J connectivity index is 2.14. The fourth-order valence-corrected chi connectivity index (χ4v) is 2.48. The predicted molar refractivity (Wildman–Crippen MR) is 79.9 cm³/mol. The fraction of sp³-hybridized carbons (Fsp3) is 0.571. The summed E-state index contributed by atoms with van der Waals surface area (Å²) in [6, 6.07) is 6.24. The Labute approximate surface area is 115 Å². The fourth-order valence-electron chi connectivity index (χ4n) is 2.18. The number of rotatable bonds is 2. The van der Waals surface area contributed by atoms with Crippen LogP contribution in [0.25, 0.3) is 0 Å². The molecule has 100 valence electrons. The lowest BCUT2D eigenvalue weighted by Crippen LogP contribution is -2.43. The molecule has 2 rings (SSSR count). The first-order valence-electron chi connectivity index (χ1n) is 6.49. The van der Waals surface area contributed by atoms with E-state index in [2.05, 4.69) is 48.4 Å². The zero-order valence-electron chi connectivity index (χ0n) is 11.4. The van der Waals surface area contributed by atoms with Gasteiger partial charge >= 0.3 is 0 Å². The maximum absolute atomic E-state index is 6.39. The molecule has 1 fully saturated rings. The molecule has 2 N–H and O–H groups in total. The van der Waals surface area contributed by atoms with E-state index >= 15 is 0 Å². The predicted octanol–water partition coefficient (Wildman–Crippen LogP) is 2.96. The van der Waals surface area contributed by atoms with Crippen LogP contribution in [0.4, 0.5) is 11.4 Å². The van der Waals surface area contributed by atoms with Crippen molar-refractivity contribution in [3.05, 3.63) is 23.2 Å². The van der Waals surface area contributed by atoms with Crippen molar-refractivity contribution >= 4 is 23.0 Å². The van der Waals surface area contributed by atoms with Gasteiger partial charge in [-0.1, -0.05) is 11.6 Å². The van der Waals surface area contributed by atoms with E-state index in [-0.39, 0.29) is 5.54 Å². The highest BCUT2D eigenvalue weighted by Crippen LogP contribution is 2.30. The molecule has 0 atom stereocenters. The van der Waals surface area contributed by atoms with Crippen molar-refractivity contribution in [2.24, 2.45) is 0 Å². The average Bonchev–Trinajstić information content (AvgIpc) is 2.28. The molecule has 0 saturated carbocycles. The molecular formula is C14H22ClN3. The zero-order valence-corrected chi connectivity index (χ0v) is 12.1. The van der Waals surface area contributed by atoms with Gasteiger partial charge in [-0.2, -0.15) is 0 Å². The maximum Gasteiger partial charge on any atom is 0.0660 e. The zero-order chi connectivity index (χ0) is 13.2. The first-order valence-corrected chi connectivity index (χ1v) is 6.87. The molecule has 0 bridgehead atoms. The van der Waals surface area contributed by atoms with Gasteiger partial charge in [0.1, 0.15) is 0 Å². The van der Waals surface area contributed by atoms with E-state index in [1.165, 1.54) is 0 Å². The number of hydrogen-bond acceptors (Lipinski definition) is 3. The monoisotopic (exact) mass is 267 g/mol. The van der Waals surface area contributed by atoms with Crippen LogP contribution in [0.2, 0.25) is 5.02 Å². The van der Waals surface area contributed by atoms with E-state index < -0.39 is 0 Å². The van der Waals surface area contributed by atoms with Crippen LogP contribution in [0.1, 0.15) is 20.8 Å². The van der Waals surface area contributed by atoms with Crippen molar-refractivity contribution in [2.45, 2.75) is 26.3 Å². The van der Waals surface area contributed by atoms with Crippen LogP contribution >= 0.6 is 11.6 Å². The largest absolute Gasteiger partial charge is 0.380 e. The third-order valence-electron chi connectivity index (χ3n) is 2.92. The summed E-state index contributed by atoms with van der Waals surface area (Å²) < 4.78 is 0. The lowest BCUT2D eigenvalue weighted by atomic mass is 10.1. The van der Waals surface area contributed by atoms with Crippen molar-refractivity contribution in [1.29, 1.82) is 0 Å². The van der Waals surface area contributed by atoms with E-state index in [9.17, 15) is 0 Å². The molecule has 1 aromatic carbocycles. The number of halogens is 1. The summed E-state index contributed by atoms with van der Waals surface area (Å²) in [5.74, 6) is 0. The van der Waals surface area contributed by atoms with Gasteiger partial charge < -0.3 is 15.5 Å². The van der Waals surface area contributed by atoms with Crippen LogP contribution in [0.3, 0.4) is 0 Å². The average molecular weight is 268 g/mol. The van der Waals surface area contributed by atoms with Crippen molar-refractivity contribution < 1.29 is 0 Å². The molecule has 4 heteroatoms. The molecule has 0 aromatic heterocycles. The van der Waals surface area contributed by atoms with Crippen LogP contribution in [0.15, 0.2) is 18.2 Å². The van der Waals surface area contributed by atoms with Crippen molar-refractivity contribution in [3.63, 3.8) is 0 Å². The molecule has 0 unspecified atom stereocenters. The summed E-state index contributed by atoms with van der Waals surface area (Å²) >= 11 is 6.39. The molecule has 3 nitrogen and oxygen atoms in total. The van der Waals surface area contributed by atoms with Gasteiger partial charge in [0.25, 0.3) is 0 Å². The summed E-state index contributed by atoms with van der Waals surface area (Å²) in [6.45, 7) is 10.5. The quantitative estimate of drug-likeness (QED) is 0.863. The van der Waals surface area contributed by atoms with Gasteiger partial charge in [-0.25, -0.2) is 0 Å². The van der Waals surface area contributed by atoms with Crippen molar-refractivity contribution in [3.8, 4) is 0 Å². The summed E-state index contributed by atoms with van der Waals surface area (Å²) in [5.41, 5.74) is 2.27. The Morgan fingerprint density at radius 1 is 1.22 bits per heavy atom. The second-order valence-electron chi connectivity index (χ2n) is 5.78. The number of piperazine rings is 1. The first kappa shape index (κ1) is 13.5. The Morgan fingerprint density at radius 3 is 2.44 bits per heavy atom. The number of anilines is 2. The molecular weight excluding hydrogens is 246 g/mol. The summed E-state index contributed by atoms with van der Waals surface area (Å²) in [6.07, 6.45) is 0. The van der Waals surface area contributed by atoms with E-state index in [4.69, 9.17) is 11.6 Å². The lowest BCUT2D eigenvalue weighted by molar-refractivity contribution is 0.589. The molecule has 18 heavy (non-hydrogen) atoms. The van der Waals surface area contributed by atoms with E-state index in [0.29, 0.717) is 0 Å². The normalized spacial score (nSPS) is 16.8. The topological polar surface area (TPSA) is 27.3 Å². The number of nitrogens with zero attached hydrogens (tertiary/aromatic N) is 1. The summed E-state index contributed by atoms with van der Waals surface area (Å²) in [7, 11) is 0. The smallest absolute Gasteiger partial charge is 0.0660 e. The Hall–Kier alpha value is -0.930. The highest BCUT2D eigenvalue weighted by atomic mass is 35.5. The van der Waals surface area contributed by atoms with Gasteiger partial charge in [-0.15, -0.1) is 0 Å². The minimum absolute atomic E-state index is 0.0554. The maximum atomic E-state index is 6.39. The molecule has 1 saturated heterocycles. The third-order valence-corrected chi connectivity index (χ3v) is 3.23. The molecule has 0 aliphatic carbocycles. The number of nitrogens with one attached hydrogen (secondary N) is 2. The summed E-state index contributed by atoms with van der Waals surface area (Å²) in [5, 5.41) is 7.61. The lowest BCUT2D eigenvalue weighted by Gasteiger charge is -2.30. The number of benzene rings is 1. The molecule has 0 spiro atoms. The van der Waals surface area contributed by atoms with Gasteiger partial charge in [0, 0.05) is 37.4 Å². The Morgan fingerprint density at radius 2 is 1.89 bits per heavy atom. The van der Waals surface area contributed by atoms with Gasteiger partial charge in [0.2, 0.25) is 0 Å². The van der Waals surface area contributed by atoms with Crippen LogP contribution in [-0.2, 0) is 0 Å². The van der Waals surface area contributed by atoms with Crippen LogP contribution in [0.5, 0.6) is 0 Å². The van der Waals surface area contributed by atoms with Crippen LogP contribution < -0.4 is 15.5 Å². The SMILES string of the molecule is CC(C)(C)Nc1ccc(N2CCNCC2)c(Cl)c1. The van der Waals surface area contributed by atoms with Gasteiger partial charge in [0.05, 0.1) is 10.7 Å². The van der Waals surface area contributed by atoms with Crippen molar-refractivity contribution in [2.75, 3.05) is 36.4 Å². The van der Waals surface area contributed by atoms with Gasteiger partial charge in [-0.3, -0.25) is 0 Å². The molecule has 0 radical (unpaired) electrons. The van der Waals surface area contributed by atoms with Crippen LogP contribution in [-0.4, -0.2) is 31.7 Å². The minimum atomic E-state index is 0.0554. The first-order chi connectivity index (χ1) is 8.46. The van der Waals surface area contributed by atoms with Crippen LogP contribution in [0, 0.1) is 0 Å². The van der Waals surface area contributed by atoms with Gasteiger partial charge in [0.15, 0.2) is 0 Å².